The predicted octanol–water partition coefficient (Wildman–Crippen LogP) is 12.3. The zero-order valence-corrected chi connectivity index (χ0v) is 28.8. The van der Waals surface area contributed by atoms with E-state index in [4.69, 9.17) is 4.98 Å². The smallest absolute Gasteiger partial charge is 0.0612 e. The average Bonchev–Trinajstić information content (AvgIpc) is 3.60. The van der Waals surface area contributed by atoms with Crippen molar-refractivity contribution in [3.63, 3.8) is 0 Å². The Morgan fingerprint density at radius 1 is 0.480 bits per heavy atom. The Morgan fingerprint density at radius 3 is 1.92 bits per heavy atom. The maximum absolute atomic E-state index is 4.83. The molecule has 3 heteroatoms. The molecular weight excluding hydrogens is 607 g/mol. The van der Waals surface area contributed by atoms with Gasteiger partial charge in [-0.3, -0.25) is 4.98 Å². The number of anilines is 3. The molecule has 10 rings (SSSR count). The molecule has 0 bridgehead atoms. The van der Waals surface area contributed by atoms with E-state index in [9.17, 15) is 0 Å². The average molecular weight is 644 g/mol. The van der Waals surface area contributed by atoms with Crippen LogP contribution in [-0.4, -0.2) is 9.55 Å². The van der Waals surface area contributed by atoms with E-state index in [1.54, 1.807) is 0 Å². The van der Waals surface area contributed by atoms with Crippen LogP contribution in [0.3, 0.4) is 0 Å². The van der Waals surface area contributed by atoms with Crippen molar-refractivity contribution in [1.29, 1.82) is 0 Å². The van der Waals surface area contributed by atoms with Crippen molar-refractivity contribution < 1.29 is 0 Å². The monoisotopic (exact) mass is 643 g/mol. The molecular formula is C47H37N3. The number of benzene rings is 6. The molecule has 50 heavy (non-hydrogen) atoms. The molecule has 1 aliphatic carbocycles. The number of aromatic nitrogens is 2. The van der Waals surface area contributed by atoms with Crippen LogP contribution >= 0.6 is 0 Å². The largest absolute Gasteiger partial charge is 0.310 e. The standard InChI is InChI=1S/C47H37N3/c1-46(2)39-15-9-8-14-35(39)36-24-22-34(27-41(36)46)49(32-20-18-31(19-21-32)30-12-6-5-7-13-30)33-23-25-43-37(26-33)38-28-48-29-42-45(38)50(43)44-17-11-10-16-40(44)47(42,3)4/h5-29H,1-4H3. The molecule has 8 aromatic rings. The Labute approximate surface area is 293 Å². The number of hydrogen-bond donors (Lipinski definition) is 0. The van der Waals surface area contributed by atoms with Gasteiger partial charge in [-0.2, -0.15) is 0 Å². The molecule has 0 radical (unpaired) electrons. The SMILES string of the molecule is CC1(C)c2ccccc2-c2ccc(N(c3ccc(-c4ccccc4)cc3)c3ccc4c(c3)c3cncc5c3n4-c3ccccc3C5(C)C)cc21. The summed E-state index contributed by atoms with van der Waals surface area (Å²) in [6.07, 6.45) is 4.12. The van der Waals surface area contributed by atoms with Crippen LogP contribution in [0.4, 0.5) is 17.1 Å². The van der Waals surface area contributed by atoms with Crippen molar-refractivity contribution in [2.75, 3.05) is 4.90 Å². The number of para-hydroxylation sites is 1. The predicted molar refractivity (Wildman–Crippen MR) is 208 cm³/mol. The van der Waals surface area contributed by atoms with Gasteiger partial charge < -0.3 is 9.47 Å². The quantitative estimate of drug-likeness (QED) is 0.190. The van der Waals surface area contributed by atoms with Crippen LogP contribution in [0.25, 0.3) is 49.7 Å². The van der Waals surface area contributed by atoms with Gasteiger partial charge in [0.25, 0.3) is 0 Å². The summed E-state index contributed by atoms with van der Waals surface area (Å²) in [7, 11) is 0. The molecule has 0 amide bonds. The van der Waals surface area contributed by atoms with Gasteiger partial charge in [-0.05, 0) is 87.5 Å². The zero-order chi connectivity index (χ0) is 33.8. The third kappa shape index (κ3) is 3.95. The summed E-state index contributed by atoms with van der Waals surface area (Å²) in [5.74, 6) is 0. The van der Waals surface area contributed by atoms with Crippen LogP contribution < -0.4 is 4.90 Å². The van der Waals surface area contributed by atoms with Crippen LogP contribution in [0.2, 0.25) is 0 Å². The first kappa shape index (κ1) is 29.0. The number of pyridine rings is 1. The van der Waals surface area contributed by atoms with Gasteiger partial charge in [-0.1, -0.05) is 119 Å². The van der Waals surface area contributed by atoms with Gasteiger partial charge in [-0.15, -0.1) is 0 Å². The fourth-order valence-electron chi connectivity index (χ4n) is 8.85. The molecule has 6 aromatic carbocycles. The molecule has 3 nitrogen and oxygen atoms in total. The minimum atomic E-state index is -0.155. The van der Waals surface area contributed by atoms with Gasteiger partial charge in [-0.25, -0.2) is 0 Å². The van der Waals surface area contributed by atoms with E-state index in [0.717, 1.165) is 17.1 Å². The van der Waals surface area contributed by atoms with Crippen LogP contribution in [0.1, 0.15) is 49.9 Å². The van der Waals surface area contributed by atoms with E-state index in [1.807, 2.05) is 0 Å². The molecule has 0 fully saturated rings. The van der Waals surface area contributed by atoms with E-state index in [1.165, 1.54) is 72.0 Å². The van der Waals surface area contributed by atoms with E-state index >= 15 is 0 Å². The maximum atomic E-state index is 4.83. The van der Waals surface area contributed by atoms with Gasteiger partial charge >= 0.3 is 0 Å². The molecule has 1 aliphatic heterocycles. The molecule has 0 N–H and O–H groups in total. The Hall–Kier alpha value is -5.93. The number of hydrogen-bond acceptors (Lipinski definition) is 2. The summed E-state index contributed by atoms with van der Waals surface area (Å²) in [5.41, 5.74) is 17.3. The topological polar surface area (TPSA) is 21.1 Å². The first-order valence-corrected chi connectivity index (χ1v) is 17.5. The highest BCUT2D eigenvalue weighted by Crippen LogP contribution is 2.52. The van der Waals surface area contributed by atoms with Crippen molar-refractivity contribution in [3.8, 4) is 27.9 Å². The molecule has 0 saturated carbocycles. The lowest BCUT2D eigenvalue weighted by Crippen LogP contribution is -2.26. The second-order valence-corrected chi connectivity index (χ2v) is 14.9. The van der Waals surface area contributed by atoms with E-state index in [2.05, 4.69) is 189 Å². The molecule has 0 spiro atoms. The lowest BCUT2D eigenvalue weighted by atomic mass is 9.75. The minimum Gasteiger partial charge on any atom is -0.310 e. The first-order chi connectivity index (χ1) is 24.3. The Balaban J connectivity index is 1.20. The van der Waals surface area contributed by atoms with Crippen molar-refractivity contribution in [2.45, 2.75) is 38.5 Å². The summed E-state index contributed by atoms with van der Waals surface area (Å²) >= 11 is 0. The lowest BCUT2D eigenvalue weighted by Gasteiger charge is -2.34. The number of fused-ring (bicyclic) bond motifs is 8. The van der Waals surface area contributed by atoms with Crippen LogP contribution in [0.5, 0.6) is 0 Å². The van der Waals surface area contributed by atoms with Crippen LogP contribution in [0, 0.1) is 0 Å². The lowest BCUT2D eigenvalue weighted by molar-refractivity contribution is 0.627. The summed E-state index contributed by atoms with van der Waals surface area (Å²) < 4.78 is 2.46. The summed E-state index contributed by atoms with van der Waals surface area (Å²) in [5, 5.41) is 2.39. The van der Waals surface area contributed by atoms with Crippen molar-refractivity contribution in [3.05, 3.63) is 174 Å². The number of nitrogens with zero attached hydrogens (tertiary/aromatic N) is 3. The second kappa shape index (κ2) is 10.3. The van der Waals surface area contributed by atoms with Gasteiger partial charge in [0, 0.05) is 56.6 Å². The highest BCUT2D eigenvalue weighted by Gasteiger charge is 2.37. The molecule has 0 unspecified atom stereocenters. The highest BCUT2D eigenvalue weighted by atomic mass is 15.1. The van der Waals surface area contributed by atoms with E-state index < -0.39 is 0 Å². The van der Waals surface area contributed by atoms with Gasteiger partial charge in [0.15, 0.2) is 0 Å². The Kier molecular flexibility index (Phi) is 5.97. The number of rotatable bonds is 4. The Bertz CT molecular complexity index is 2640. The second-order valence-electron chi connectivity index (χ2n) is 14.9. The molecule has 2 aliphatic rings. The first-order valence-electron chi connectivity index (χ1n) is 17.5. The molecule has 3 heterocycles. The summed E-state index contributed by atoms with van der Waals surface area (Å²) in [6, 6.07) is 51.3. The fraction of sp³-hybridized carbons (Fsp3) is 0.128. The van der Waals surface area contributed by atoms with E-state index in [0.29, 0.717) is 0 Å². The zero-order valence-electron chi connectivity index (χ0n) is 28.8. The molecule has 0 atom stereocenters. The van der Waals surface area contributed by atoms with Crippen LogP contribution in [0.15, 0.2) is 152 Å². The summed E-state index contributed by atoms with van der Waals surface area (Å²) in [6.45, 7) is 9.35. The van der Waals surface area contributed by atoms with Crippen molar-refractivity contribution in [2.24, 2.45) is 0 Å². The van der Waals surface area contributed by atoms with Crippen molar-refractivity contribution >= 4 is 38.9 Å². The minimum absolute atomic E-state index is 0.0976. The third-order valence-electron chi connectivity index (χ3n) is 11.5. The summed E-state index contributed by atoms with van der Waals surface area (Å²) in [4.78, 5) is 7.25. The van der Waals surface area contributed by atoms with Crippen LogP contribution in [-0.2, 0) is 10.8 Å². The maximum Gasteiger partial charge on any atom is 0.0612 e. The Morgan fingerprint density at radius 2 is 1.10 bits per heavy atom. The highest BCUT2D eigenvalue weighted by molar-refractivity contribution is 6.12. The molecule has 2 aromatic heterocycles. The van der Waals surface area contributed by atoms with Gasteiger partial charge in [0.05, 0.1) is 16.7 Å². The van der Waals surface area contributed by atoms with Crippen molar-refractivity contribution in [1.82, 2.24) is 9.55 Å². The normalized spacial score (nSPS) is 14.7. The van der Waals surface area contributed by atoms with Gasteiger partial charge in [0.1, 0.15) is 0 Å². The van der Waals surface area contributed by atoms with Gasteiger partial charge in [0.2, 0.25) is 0 Å². The van der Waals surface area contributed by atoms with E-state index in [-0.39, 0.29) is 10.8 Å². The third-order valence-corrected chi connectivity index (χ3v) is 11.5. The molecule has 240 valence electrons. The molecule has 0 saturated heterocycles. The fourth-order valence-corrected chi connectivity index (χ4v) is 8.85.